The van der Waals surface area contributed by atoms with E-state index in [-0.39, 0.29) is 11.9 Å². The predicted molar refractivity (Wildman–Crippen MR) is 86.4 cm³/mol. The third-order valence-electron chi connectivity index (χ3n) is 3.29. The molecule has 1 atom stereocenters. The summed E-state index contributed by atoms with van der Waals surface area (Å²) in [5.41, 5.74) is 7.59. The van der Waals surface area contributed by atoms with E-state index in [1.807, 2.05) is 25.4 Å². The van der Waals surface area contributed by atoms with E-state index in [0.717, 1.165) is 16.6 Å². The van der Waals surface area contributed by atoms with Gasteiger partial charge in [-0.2, -0.15) is 0 Å². The van der Waals surface area contributed by atoms with Crippen molar-refractivity contribution in [3.8, 4) is 0 Å². The Labute approximate surface area is 131 Å². The number of benzene rings is 1. The van der Waals surface area contributed by atoms with E-state index < -0.39 is 0 Å². The van der Waals surface area contributed by atoms with E-state index in [1.165, 1.54) is 10.9 Å². The van der Waals surface area contributed by atoms with Crippen LogP contribution in [0.1, 0.15) is 22.0 Å². The Morgan fingerprint density at radius 1 is 1.40 bits per heavy atom. The minimum atomic E-state index is -0.190. The van der Waals surface area contributed by atoms with Crippen molar-refractivity contribution in [2.45, 2.75) is 19.5 Å². The maximum absolute atomic E-state index is 14.0. The summed E-state index contributed by atoms with van der Waals surface area (Å²) in [6.07, 6.45) is 0. The summed E-state index contributed by atoms with van der Waals surface area (Å²) in [5, 5.41) is 2.05. The summed E-state index contributed by atoms with van der Waals surface area (Å²) in [7, 11) is 1.98. The molecule has 0 aliphatic rings. The Morgan fingerprint density at radius 2 is 2.15 bits per heavy atom. The first-order valence-electron chi connectivity index (χ1n) is 6.40. The molecule has 2 aromatic rings. The monoisotopic (exact) mass is 356 g/mol. The second kappa shape index (κ2) is 6.80. The first kappa shape index (κ1) is 15.6. The van der Waals surface area contributed by atoms with Crippen LogP contribution >= 0.6 is 27.3 Å². The predicted octanol–water partition coefficient (Wildman–Crippen LogP) is 4.09. The van der Waals surface area contributed by atoms with Crippen molar-refractivity contribution in [1.82, 2.24) is 4.90 Å². The Kier molecular flexibility index (Phi) is 5.32. The van der Waals surface area contributed by atoms with Crippen molar-refractivity contribution < 1.29 is 4.39 Å². The maximum Gasteiger partial charge on any atom is 0.128 e. The zero-order valence-electron chi connectivity index (χ0n) is 11.6. The molecule has 0 radical (unpaired) electrons. The SMILES string of the molecule is Cc1ccc(F)c(C(CN)N(C)Cc2cc(Br)cs2)c1. The van der Waals surface area contributed by atoms with Crippen LogP contribution in [-0.4, -0.2) is 18.5 Å². The number of nitrogens with two attached hydrogens (primary N) is 1. The number of hydrogen-bond donors (Lipinski definition) is 1. The van der Waals surface area contributed by atoms with E-state index in [9.17, 15) is 4.39 Å². The van der Waals surface area contributed by atoms with E-state index in [0.29, 0.717) is 12.1 Å². The van der Waals surface area contributed by atoms with Crippen LogP contribution in [0.5, 0.6) is 0 Å². The molecule has 0 saturated heterocycles. The van der Waals surface area contributed by atoms with Crippen molar-refractivity contribution in [1.29, 1.82) is 0 Å². The highest BCUT2D eigenvalue weighted by molar-refractivity contribution is 9.10. The topological polar surface area (TPSA) is 29.3 Å². The second-order valence-corrected chi connectivity index (χ2v) is 6.83. The second-order valence-electron chi connectivity index (χ2n) is 4.92. The Hall–Kier alpha value is -0.750. The van der Waals surface area contributed by atoms with Gasteiger partial charge in [0.15, 0.2) is 0 Å². The molecule has 1 aromatic heterocycles. The van der Waals surface area contributed by atoms with Gasteiger partial charge in [0, 0.05) is 39.4 Å². The van der Waals surface area contributed by atoms with Gasteiger partial charge in [0.1, 0.15) is 5.82 Å². The molecule has 2 nitrogen and oxygen atoms in total. The molecule has 0 amide bonds. The number of hydrogen-bond acceptors (Lipinski definition) is 3. The Bertz CT molecular complexity index is 585. The van der Waals surface area contributed by atoms with Crippen LogP contribution in [0.25, 0.3) is 0 Å². The van der Waals surface area contributed by atoms with Gasteiger partial charge >= 0.3 is 0 Å². The van der Waals surface area contributed by atoms with Gasteiger partial charge in [0.05, 0.1) is 0 Å². The first-order chi connectivity index (χ1) is 9.51. The van der Waals surface area contributed by atoms with Gasteiger partial charge < -0.3 is 5.73 Å². The molecular formula is C15H18BrFN2S. The van der Waals surface area contributed by atoms with Gasteiger partial charge in [-0.1, -0.05) is 17.7 Å². The van der Waals surface area contributed by atoms with Gasteiger partial charge in [-0.25, -0.2) is 4.39 Å². The maximum atomic E-state index is 14.0. The van der Waals surface area contributed by atoms with Crippen LogP contribution in [0.3, 0.4) is 0 Å². The molecule has 0 spiro atoms. The van der Waals surface area contributed by atoms with Crippen molar-refractivity contribution in [3.05, 3.63) is 55.9 Å². The van der Waals surface area contributed by atoms with Crippen LogP contribution in [0.2, 0.25) is 0 Å². The summed E-state index contributed by atoms with van der Waals surface area (Å²) < 4.78 is 15.1. The molecule has 0 fully saturated rings. The van der Waals surface area contributed by atoms with Crippen LogP contribution < -0.4 is 5.73 Å². The van der Waals surface area contributed by atoms with E-state index in [2.05, 4.69) is 26.9 Å². The molecule has 2 rings (SSSR count). The van der Waals surface area contributed by atoms with Crippen molar-refractivity contribution in [2.75, 3.05) is 13.6 Å². The molecule has 1 unspecified atom stereocenters. The average molecular weight is 357 g/mol. The van der Waals surface area contributed by atoms with Crippen LogP contribution in [-0.2, 0) is 6.54 Å². The largest absolute Gasteiger partial charge is 0.329 e. The van der Waals surface area contributed by atoms with E-state index in [4.69, 9.17) is 5.73 Å². The fraction of sp³-hybridized carbons (Fsp3) is 0.333. The minimum absolute atomic E-state index is 0.115. The number of rotatable bonds is 5. The molecule has 108 valence electrons. The van der Waals surface area contributed by atoms with Gasteiger partial charge in [-0.15, -0.1) is 11.3 Å². The molecule has 0 aliphatic carbocycles. The summed E-state index contributed by atoms with van der Waals surface area (Å²) in [4.78, 5) is 3.32. The van der Waals surface area contributed by atoms with E-state index >= 15 is 0 Å². The van der Waals surface area contributed by atoms with Crippen molar-refractivity contribution >= 4 is 27.3 Å². The average Bonchev–Trinajstić information content (AvgIpc) is 2.80. The number of thiophene rings is 1. The third-order valence-corrected chi connectivity index (χ3v) is 4.98. The molecule has 5 heteroatoms. The van der Waals surface area contributed by atoms with E-state index in [1.54, 1.807) is 17.4 Å². The first-order valence-corrected chi connectivity index (χ1v) is 8.07. The Morgan fingerprint density at radius 3 is 2.75 bits per heavy atom. The smallest absolute Gasteiger partial charge is 0.128 e. The van der Waals surface area contributed by atoms with Crippen molar-refractivity contribution in [3.63, 3.8) is 0 Å². The zero-order chi connectivity index (χ0) is 14.7. The lowest BCUT2D eigenvalue weighted by atomic mass is 10.0. The highest BCUT2D eigenvalue weighted by atomic mass is 79.9. The number of likely N-dealkylation sites (N-methyl/N-ethyl adjacent to an activating group) is 1. The quantitative estimate of drug-likeness (QED) is 0.873. The molecule has 0 saturated carbocycles. The van der Waals surface area contributed by atoms with Gasteiger partial charge in [-0.3, -0.25) is 4.90 Å². The van der Waals surface area contributed by atoms with Crippen molar-refractivity contribution in [2.24, 2.45) is 5.73 Å². The fourth-order valence-electron chi connectivity index (χ4n) is 2.26. The number of aryl methyl sites for hydroxylation is 1. The Balaban J connectivity index is 2.20. The molecule has 1 heterocycles. The van der Waals surface area contributed by atoms with Gasteiger partial charge in [0.2, 0.25) is 0 Å². The highest BCUT2D eigenvalue weighted by Crippen LogP contribution is 2.27. The molecule has 0 aliphatic heterocycles. The summed E-state index contributed by atoms with van der Waals surface area (Å²) in [6, 6.07) is 7.15. The molecule has 1 aromatic carbocycles. The lowest BCUT2D eigenvalue weighted by Gasteiger charge is -2.27. The standard InChI is InChI=1S/C15H18BrFN2S/c1-10-3-4-14(17)13(5-10)15(7-18)19(2)8-12-6-11(16)9-20-12/h3-6,9,15H,7-8,18H2,1-2H3. The number of halogens is 2. The zero-order valence-corrected chi connectivity index (χ0v) is 14.0. The van der Waals surface area contributed by atoms with Crippen LogP contribution in [0.4, 0.5) is 4.39 Å². The lowest BCUT2D eigenvalue weighted by molar-refractivity contribution is 0.238. The molecule has 20 heavy (non-hydrogen) atoms. The highest BCUT2D eigenvalue weighted by Gasteiger charge is 2.19. The molecule has 2 N–H and O–H groups in total. The molecular weight excluding hydrogens is 339 g/mol. The fourth-order valence-corrected chi connectivity index (χ4v) is 3.77. The number of nitrogens with zero attached hydrogens (tertiary/aromatic N) is 1. The van der Waals surface area contributed by atoms with Crippen LogP contribution in [0, 0.1) is 12.7 Å². The normalized spacial score (nSPS) is 12.9. The van der Waals surface area contributed by atoms with Gasteiger partial charge in [0.25, 0.3) is 0 Å². The third kappa shape index (κ3) is 3.67. The summed E-state index contributed by atoms with van der Waals surface area (Å²) in [5.74, 6) is -0.190. The molecule has 0 bridgehead atoms. The minimum Gasteiger partial charge on any atom is -0.329 e. The summed E-state index contributed by atoms with van der Waals surface area (Å²) >= 11 is 5.13. The van der Waals surface area contributed by atoms with Crippen LogP contribution in [0.15, 0.2) is 34.1 Å². The van der Waals surface area contributed by atoms with Gasteiger partial charge in [-0.05, 0) is 42.0 Å². The summed E-state index contributed by atoms with van der Waals surface area (Å²) in [6.45, 7) is 3.11. The lowest BCUT2D eigenvalue weighted by Crippen LogP contribution is -2.30.